The van der Waals surface area contributed by atoms with Crippen LogP contribution in [-0.2, 0) is 13.0 Å². The van der Waals surface area contributed by atoms with Gasteiger partial charge in [-0.2, -0.15) is 0 Å². The number of hydrogen-bond acceptors (Lipinski definition) is 5. The first-order valence-corrected chi connectivity index (χ1v) is 11.9. The van der Waals surface area contributed by atoms with Crippen LogP contribution in [0.5, 0.6) is 0 Å². The van der Waals surface area contributed by atoms with Gasteiger partial charge < -0.3 is 15.7 Å². The Hall–Kier alpha value is -3.00. The first kappa shape index (κ1) is 21.5. The number of aliphatic hydroxyl groups excluding tert-OH is 1. The molecule has 0 saturated carbocycles. The molecule has 1 aliphatic carbocycles. The van der Waals surface area contributed by atoms with Crippen molar-refractivity contribution in [1.29, 1.82) is 0 Å². The number of piperidine rings is 1. The Labute approximate surface area is 201 Å². The van der Waals surface area contributed by atoms with Crippen LogP contribution < -0.4 is 10.6 Å². The van der Waals surface area contributed by atoms with Crippen molar-refractivity contribution < 1.29 is 9.50 Å². The van der Waals surface area contributed by atoms with Crippen LogP contribution in [0.2, 0.25) is 5.02 Å². The molecular formula is C26H25ClFN5O. The van der Waals surface area contributed by atoms with Crippen molar-refractivity contribution in [1.82, 2.24) is 14.4 Å². The highest BCUT2D eigenvalue weighted by atomic mass is 35.5. The Kier molecular flexibility index (Phi) is 5.09. The highest BCUT2D eigenvalue weighted by molar-refractivity contribution is 6.33. The van der Waals surface area contributed by atoms with Gasteiger partial charge in [0.1, 0.15) is 17.2 Å². The molecule has 34 heavy (non-hydrogen) atoms. The van der Waals surface area contributed by atoms with Crippen LogP contribution in [0.1, 0.15) is 35.7 Å². The summed E-state index contributed by atoms with van der Waals surface area (Å²) in [6.07, 6.45) is 6.40. The molecule has 8 heteroatoms. The van der Waals surface area contributed by atoms with Gasteiger partial charge in [-0.25, -0.2) is 14.4 Å². The molecule has 0 bridgehead atoms. The number of nitrogens with two attached hydrogens (primary N) is 1. The molecule has 1 spiro atoms. The summed E-state index contributed by atoms with van der Waals surface area (Å²) in [6, 6.07) is 13.2. The lowest BCUT2D eigenvalue weighted by molar-refractivity contribution is 0.187. The lowest BCUT2D eigenvalue weighted by Crippen LogP contribution is -2.44. The Morgan fingerprint density at radius 1 is 1.15 bits per heavy atom. The Bertz CT molecular complexity index is 1400. The van der Waals surface area contributed by atoms with Crippen molar-refractivity contribution in [3.8, 4) is 11.4 Å². The van der Waals surface area contributed by atoms with Gasteiger partial charge in [-0.05, 0) is 47.9 Å². The molecule has 3 N–H and O–H groups in total. The van der Waals surface area contributed by atoms with E-state index in [1.165, 1.54) is 17.2 Å². The Morgan fingerprint density at radius 2 is 1.94 bits per heavy atom. The van der Waals surface area contributed by atoms with E-state index in [2.05, 4.69) is 39.1 Å². The number of aliphatic hydroxyl groups is 1. The number of rotatable bonds is 3. The molecule has 3 heterocycles. The number of hydrogen-bond donors (Lipinski definition) is 2. The molecule has 4 aromatic rings. The van der Waals surface area contributed by atoms with Crippen LogP contribution in [-0.4, -0.2) is 32.6 Å². The third kappa shape index (κ3) is 3.15. The maximum absolute atomic E-state index is 14.1. The van der Waals surface area contributed by atoms with E-state index >= 15 is 0 Å². The van der Waals surface area contributed by atoms with Gasteiger partial charge in [0, 0.05) is 37.1 Å². The zero-order valence-electron chi connectivity index (χ0n) is 18.6. The Morgan fingerprint density at radius 3 is 2.71 bits per heavy atom. The van der Waals surface area contributed by atoms with Crippen molar-refractivity contribution in [3.05, 3.63) is 82.5 Å². The summed E-state index contributed by atoms with van der Waals surface area (Å²) in [5.74, 6) is 0.733. The summed E-state index contributed by atoms with van der Waals surface area (Å²) in [6.45, 7) is 1.36. The minimum atomic E-state index is -0.508. The van der Waals surface area contributed by atoms with Gasteiger partial charge >= 0.3 is 0 Å². The summed E-state index contributed by atoms with van der Waals surface area (Å²) in [5, 5.41) is 10.1. The summed E-state index contributed by atoms with van der Waals surface area (Å²) >= 11 is 6.26. The third-order valence-electron chi connectivity index (χ3n) is 7.60. The molecule has 1 saturated heterocycles. The number of aromatic nitrogens is 3. The second-order valence-corrected chi connectivity index (χ2v) is 9.69. The molecule has 6 nitrogen and oxygen atoms in total. The van der Waals surface area contributed by atoms with Gasteiger partial charge in [0.15, 0.2) is 5.82 Å². The number of imidazole rings is 1. The summed E-state index contributed by atoms with van der Waals surface area (Å²) in [7, 11) is 0. The number of halogens is 2. The normalized spacial score (nSPS) is 19.2. The molecule has 2 aromatic carbocycles. The lowest BCUT2D eigenvalue weighted by atomic mass is 9.73. The predicted molar refractivity (Wildman–Crippen MR) is 130 cm³/mol. The Balaban J connectivity index is 1.36. The molecule has 2 aromatic heterocycles. The van der Waals surface area contributed by atoms with E-state index in [9.17, 15) is 9.50 Å². The number of benzene rings is 2. The van der Waals surface area contributed by atoms with E-state index in [4.69, 9.17) is 17.3 Å². The molecule has 0 unspecified atom stereocenters. The molecule has 0 amide bonds. The topological polar surface area (TPSA) is 79.7 Å². The van der Waals surface area contributed by atoms with Crippen LogP contribution >= 0.6 is 11.6 Å². The van der Waals surface area contributed by atoms with E-state index in [1.54, 1.807) is 24.5 Å². The van der Waals surface area contributed by atoms with E-state index in [0.29, 0.717) is 17.1 Å². The predicted octanol–water partition coefficient (Wildman–Crippen LogP) is 4.52. The monoisotopic (exact) mass is 477 g/mol. The number of anilines is 1. The average Bonchev–Trinajstić information content (AvgIpc) is 3.37. The molecule has 0 radical (unpaired) electrons. The summed E-state index contributed by atoms with van der Waals surface area (Å²) in [4.78, 5) is 11.5. The molecule has 2 aliphatic rings. The van der Waals surface area contributed by atoms with Crippen LogP contribution in [0.25, 0.3) is 16.9 Å². The zero-order valence-corrected chi connectivity index (χ0v) is 19.3. The highest BCUT2D eigenvalue weighted by Crippen LogP contribution is 2.51. The van der Waals surface area contributed by atoms with E-state index in [1.807, 2.05) is 4.40 Å². The van der Waals surface area contributed by atoms with Crippen LogP contribution in [0.15, 0.2) is 54.9 Å². The summed E-state index contributed by atoms with van der Waals surface area (Å²) < 4.78 is 16.0. The maximum Gasteiger partial charge on any atom is 0.154 e. The van der Waals surface area contributed by atoms with Crippen LogP contribution in [0.4, 0.5) is 10.2 Å². The average molecular weight is 478 g/mol. The first-order chi connectivity index (χ1) is 16.5. The fraction of sp³-hybridized carbons (Fsp3) is 0.308. The van der Waals surface area contributed by atoms with Crippen molar-refractivity contribution in [2.45, 2.75) is 31.9 Å². The molecule has 1 fully saturated rings. The fourth-order valence-electron chi connectivity index (χ4n) is 5.77. The van der Waals surface area contributed by atoms with Crippen molar-refractivity contribution in [2.24, 2.45) is 11.1 Å². The van der Waals surface area contributed by atoms with E-state index in [-0.39, 0.29) is 23.1 Å². The van der Waals surface area contributed by atoms with Gasteiger partial charge in [-0.3, -0.25) is 4.40 Å². The SMILES string of the molecule is N[C@@H]1c2ccccc2CC12CCN(c1nccn3c(-c4cccc(F)c4Cl)nc(CO)c13)CC2. The number of fused-ring (bicyclic) bond motifs is 2. The standard InChI is InChI=1S/C26H25ClFN5O/c27-21-18(6-3-7-19(21)28)24-31-20(15-34)22-25(30-10-13-33(22)24)32-11-8-26(9-12-32)14-16-4-1-2-5-17(16)23(26)29/h1-7,10,13,23,34H,8-9,11-12,14-15,29H2/t23-/m1/s1. The molecule has 174 valence electrons. The molecule has 1 atom stereocenters. The largest absolute Gasteiger partial charge is 0.390 e. The van der Waals surface area contributed by atoms with Gasteiger partial charge in [0.25, 0.3) is 0 Å². The first-order valence-electron chi connectivity index (χ1n) is 11.5. The minimum absolute atomic E-state index is 0.00644. The van der Waals surface area contributed by atoms with Gasteiger partial charge in [-0.1, -0.05) is 41.9 Å². The zero-order chi connectivity index (χ0) is 23.4. The van der Waals surface area contributed by atoms with Gasteiger partial charge in [0.05, 0.1) is 17.3 Å². The van der Waals surface area contributed by atoms with Crippen LogP contribution in [0.3, 0.4) is 0 Å². The lowest BCUT2D eigenvalue weighted by Gasteiger charge is -2.42. The molecule has 1 aliphatic heterocycles. The van der Waals surface area contributed by atoms with Gasteiger partial charge in [-0.15, -0.1) is 0 Å². The third-order valence-corrected chi connectivity index (χ3v) is 7.99. The van der Waals surface area contributed by atoms with Crippen LogP contribution in [0, 0.1) is 11.2 Å². The van der Waals surface area contributed by atoms with E-state index in [0.717, 1.165) is 43.7 Å². The molecule has 6 rings (SSSR count). The second kappa shape index (κ2) is 8.05. The minimum Gasteiger partial charge on any atom is -0.390 e. The smallest absolute Gasteiger partial charge is 0.154 e. The number of nitrogens with zero attached hydrogens (tertiary/aromatic N) is 4. The van der Waals surface area contributed by atoms with Crippen molar-refractivity contribution in [2.75, 3.05) is 18.0 Å². The van der Waals surface area contributed by atoms with Crippen molar-refractivity contribution >= 4 is 22.9 Å². The highest BCUT2D eigenvalue weighted by Gasteiger charge is 2.46. The fourth-order valence-corrected chi connectivity index (χ4v) is 5.98. The van der Waals surface area contributed by atoms with E-state index < -0.39 is 5.82 Å². The maximum atomic E-state index is 14.1. The van der Waals surface area contributed by atoms with Crippen molar-refractivity contribution in [3.63, 3.8) is 0 Å². The van der Waals surface area contributed by atoms with Gasteiger partial charge in [0.2, 0.25) is 0 Å². The quantitative estimate of drug-likeness (QED) is 0.453. The molecular weight excluding hydrogens is 453 g/mol. The second-order valence-electron chi connectivity index (χ2n) is 9.31. The summed E-state index contributed by atoms with van der Waals surface area (Å²) in [5.41, 5.74) is 11.1.